The van der Waals surface area contributed by atoms with Crippen molar-refractivity contribution in [2.24, 2.45) is 7.05 Å². The Morgan fingerprint density at radius 3 is 2.50 bits per heavy atom. The normalized spacial score (nSPS) is 11.7. The summed E-state index contributed by atoms with van der Waals surface area (Å²) in [4.78, 5) is 6.54. The summed E-state index contributed by atoms with van der Waals surface area (Å²) in [6, 6.07) is 0. The maximum Gasteiger partial charge on any atom is 0.158 e. The Morgan fingerprint density at radius 2 is 2.00 bits per heavy atom. The molecule has 0 saturated carbocycles. The van der Waals surface area contributed by atoms with E-state index in [0.29, 0.717) is 13.2 Å². The molecule has 5 nitrogen and oxygen atoms in total. The molecule has 0 N–H and O–H groups in total. The molecule has 0 amide bonds. The minimum Gasteiger partial charge on any atom is -0.353 e. The van der Waals surface area contributed by atoms with Crippen LogP contribution in [-0.4, -0.2) is 47.5 Å². The Balaban J connectivity index is 2.31. The Bertz CT molecular complexity index is 322. The zero-order valence-corrected chi connectivity index (χ0v) is 11.9. The zero-order chi connectivity index (χ0) is 13.4. The molecule has 0 aliphatic heterocycles. The van der Waals surface area contributed by atoms with Gasteiger partial charge in [-0.1, -0.05) is 0 Å². The molecule has 0 radical (unpaired) electrons. The molecule has 0 aliphatic carbocycles. The van der Waals surface area contributed by atoms with Crippen molar-refractivity contribution in [2.75, 3.05) is 26.8 Å². The molecule has 0 bridgehead atoms. The summed E-state index contributed by atoms with van der Waals surface area (Å²) in [5.41, 5.74) is 0. The molecule has 0 spiro atoms. The lowest BCUT2D eigenvalue weighted by Crippen LogP contribution is -2.27. The fourth-order valence-electron chi connectivity index (χ4n) is 1.78. The van der Waals surface area contributed by atoms with Crippen LogP contribution in [0.2, 0.25) is 0 Å². The largest absolute Gasteiger partial charge is 0.353 e. The number of hydrogen-bond acceptors (Lipinski definition) is 4. The molecule has 18 heavy (non-hydrogen) atoms. The van der Waals surface area contributed by atoms with Crippen LogP contribution in [0.15, 0.2) is 12.4 Å². The van der Waals surface area contributed by atoms with Crippen molar-refractivity contribution in [3.8, 4) is 0 Å². The number of ether oxygens (including phenoxy) is 2. The van der Waals surface area contributed by atoms with Gasteiger partial charge in [0.1, 0.15) is 5.82 Å². The van der Waals surface area contributed by atoms with Gasteiger partial charge in [0.05, 0.1) is 6.54 Å². The lowest BCUT2D eigenvalue weighted by Gasteiger charge is -2.21. The molecule has 0 saturated heterocycles. The SMILES string of the molecule is CCOC(CCN(C)Cc1nccn1C)OCC. The monoisotopic (exact) mass is 255 g/mol. The van der Waals surface area contributed by atoms with E-state index in [1.54, 1.807) is 0 Å². The van der Waals surface area contributed by atoms with Gasteiger partial charge in [-0.3, -0.25) is 4.90 Å². The summed E-state index contributed by atoms with van der Waals surface area (Å²) in [5, 5.41) is 0. The molecule has 0 unspecified atom stereocenters. The molecule has 1 rings (SSSR count). The second-order valence-corrected chi connectivity index (χ2v) is 4.32. The number of hydrogen-bond donors (Lipinski definition) is 0. The van der Waals surface area contributed by atoms with Crippen LogP contribution >= 0.6 is 0 Å². The minimum absolute atomic E-state index is 0.0937. The molecule has 1 aromatic rings. The number of imidazole rings is 1. The van der Waals surface area contributed by atoms with E-state index in [4.69, 9.17) is 9.47 Å². The van der Waals surface area contributed by atoms with Gasteiger partial charge in [-0.25, -0.2) is 4.98 Å². The molecular weight excluding hydrogens is 230 g/mol. The quantitative estimate of drug-likeness (QED) is 0.629. The van der Waals surface area contributed by atoms with Gasteiger partial charge >= 0.3 is 0 Å². The van der Waals surface area contributed by atoms with E-state index < -0.39 is 0 Å². The third kappa shape index (κ3) is 5.16. The van der Waals surface area contributed by atoms with Crippen LogP contribution in [-0.2, 0) is 23.1 Å². The first-order chi connectivity index (χ1) is 8.67. The van der Waals surface area contributed by atoms with Crippen LogP contribution in [0.1, 0.15) is 26.1 Å². The average Bonchev–Trinajstić information content (AvgIpc) is 2.73. The first-order valence-corrected chi connectivity index (χ1v) is 6.55. The molecule has 104 valence electrons. The molecule has 1 aromatic heterocycles. The molecule has 0 aromatic carbocycles. The Hall–Kier alpha value is -0.910. The molecule has 0 atom stereocenters. The van der Waals surface area contributed by atoms with Crippen molar-refractivity contribution in [1.82, 2.24) is 14.5 Å². The van der Waals surface area contributed by atoms with Gasteiger partial charge in [-0.15, -0.1) is 0 Å². The van der Waals surface area contributed by atoms with Crippen LogP contribution < -0.4 is 0 Å². The van der Waals surface area contributed by atoms with Crippen LogP contribution in [0.4, 0.5) is 0 Å². The maximum atomic E-state index is 5.52. The van der Waals surface area contributed by atoms with Gasteiger partial charge in [0, 0.05) is 45.6 Å². The minimum atomic E-state index is -0.0937. The van der Waals surface area contributed by atoms with Gasteiger partial charge in [0.15, 0.2) is 6.29 Å². The summed E-state index contributed by atoms with van der Waals surface area (Å²) in [6.45, 7) is 7.13. The second kappa shape index (κ2) is 8.24. The molecule has 5 heteroatoms. The van der Waals surface area contributed by atoms with Crippen LogP contribution in [0.25, 0.3) is 0 Å². The van der Waals surface area contributed by atoms with Crippen LogP contribution in [0.5, 0.6) is 0 Å². The Labute approximate surface area is 110 Å². The van der Waals surface area contributed by atoms with Crippen molar-refractivity contribution in [3.63, 3.8) is 0 Å². The highest BCUT2D eigenvalue weighted by molar-refractivity contribution is 4.90. The number of rotatable bonds is 9. The average molecular weight is 255 g/mol. The number of nitrogens with zero attached hydrogens (tertiary/aromatic N) is 3. The Kier molecular flexibility index (Phi) is 6.93. The van der Waals surface area contributed by atoms with E-state index in [2.05, 4.69) is 16.9 Å². The van der Waals surface area contributed by atoms with Crippen molar-refractivity contribution < 1.29 is 9.47 Å². The summed E-state index contributed by atoms with van der Waals surface area (Å²) in [6.07, 6.45) is 4.57. The summed E-state index contributed by atoms with van der Waals surface area (Å²) >= 11 is 0. The topological polar surface area (TPSA) is 39.5 Å². The van der Waals surface area contributed by atoms with E-state index in [0.717, 1.165) is 25.3 Å². The zero-order valence-electron chi connectivity index (χ0n) is 11.9. The van der Waals surface area contributed by atoms with E-state index in [9.17, 15) is 0 Å². The fourth-order valence-corrected chi connectivity index (χ4v) is 1.78. The lowest BCUT2D eigenvalue weighted by atomic mass is 10.3. The van der Waals surface area contributed by atoms with E-state index in [1.807, 2.05) is 37.9 Å². The Morgan fingerprint density at radius 1 is 1.33 bits per heavy atom. The lowest BCUT2D eigenvalue weighted by molar-refractivity contribution is -0.141. The standard InChI is InChI=1S/C13H25N3O2/c1-5-17-13(18-6-2)7-9-15(3)11-12-14-8-10-16(12)4/h8,10,13H,5-7,9,11H2,1-4H3. The van der Waals surface area contributed by atoms with E-state index >= 15 is 0 Å². The van der Waals surface area contributed by atoms with Crippen molar-refractivity contribution in [2.45, 2.75) is 33.1 Å². The maximum absolute atomic E-state index is 5.52. The van der Waals surface area contributed by atoms with E-state index in [-0.39, 0.29) is 6.29 Å². The van der Waals surface area contributed by atoms with Crippen LogP contribution in [0.3, 0.4) is 0 Å². The first kappa shape index (κ1) is 15.1. The summed E-state index contributed by atoms with van der Waals surface area (Å²) in [5.74, 6) is 1.07. The highest BCUT2D eigenvalue weighted by Crippen LogP contribution is 2.05. The van der Waals surface area contributed by atoms with Crippen LogP contribution in [0, 0.1) is 0 Å². The molecule has 0 fully saturated rings. The highest BCUT2D eigenvalue weighted by Gasteiger charge is 2.10. The highest BCUT2D eigenvalue weighted by atomic mass is 16.7. The third-order valence-electron chi connectivity index (χ3n) is 2.78. The van der Waals surface area contributed by atoms with Gasteiger partial charge in [0.25, 0.3) is 0 Å². The second-order valence-electron chi connectivity index (χ2n) is 4.32. The molecular formula is C13H25N3O2. The fraction of sp³-hybridized carbons (Fsp3) is 0.769. The smallest absolute Gasteiger partial charge is 0.158 e. The van der Waals surface area contributed by atoms with Gasteiger partial charge in [-0.05, 0) is 20.9 Å². The van der Waals surface area contributed by atoms with Crippen molar-refractivity contribution in [3.05, 3.63) is 18.2 Å². The third-order valence-corrected chi connectivity index (χ3v) is 2.78. The van der Waals surface area contributed by atoms with Gasteiger partial charge < -0.3 is 14.0 Å². The van der Waals surface area contributed by atoms with Crippen molar-refractivity contribution in [1.29, 1.82) is 0 Å². The number of aromatic nitrogens is 2. The predicted octanol–water partition coefficient (Wildman–Crippen LogP) is 1.64. The van der Waals surface area contributed by atoms with Gasteiger partial charge in [0.2, 0.25) is 0 Å². The molecule has 1 heterocycles. The predicted molar refractivity (Wildman–Crippen MR) is 71.2 cm³/mol. The number of aryl methyl sites for hydroxylation is 1. The first-order valence-electron chi connectivity index (χ1n) is 6.55. The van der Waals surface area contributed by atoms with E-state index in [1.165, 1.54) is 0 Å². The van der Waals surface area contributed by atoms with Gasteiger partial charge in [-0.2, -0.15) is 0 Å². The van der Waals surface area contributed by atoms with Crippen molar-refractivity contribution >= 4 is 0 Å². The summed E-state index contributed by atoms with van der Waals surface area (Å²) in [7, 11) is 4.10. The molecule has 0 aliphatic rings. The summed E-state index contributed by atoms with van der Waals surface area (Å²) < 4.78 is 13.1.